The number of aromatic carboxylic acids is 1. The van der Waals surface area contributed by atoms with Crippen molar-refractivity contribution in [2.45, 2.75) is 71.1 Å². The van der Waals surface area contributed by atoms with E-state index >= 15 is 0 Å². The number of para-hydroxylation sites is 1. The zero-order valence-corrected chi connectivity index (χ0v) is 20.8. The fourth-order valence-electron chi connectivity index (χ4n) is 4.05. The summed E-state index contributed by atoms with van der Waals surface area (Å²) in [6.45, 7) is 2.88. The van der Waals surface area contributed by atoms with Crippen molar-refractivity contribution in [2.24, 2.45) is 0 Å². The first-order chi connectivity index (χ1) is 16.6. The second-order valence-electron chi connectivity index (χ2n) is 8.60. The molecule has 2 N–H and O–H groups in total. The van der Waals surface area contributed by atoms with E-state index in [1.54, 1.807) is 18.2 Å². The summed E-state index contributed by atoms with van der Waals surface area (Å²) in [5.74, 6) is -1.41. The van der Waals surface area contributed by atoms with Crippen molar-refractivity contribution in [3.63, 3.8) is 0 Å². The molecule has 0 spiro atoms. The molecule has 0 aliphatic heterocycles. The summed E-state index contributed by atoms with van der Waals surface area (Å²) in [6.07, 6.45) is 12.7. The molecule has 1 heterocycles. The summed E-state index contributed by atoms with van der Waals surface area (Å²) < 4.78 is 6.08. The van der Waals surface area contributed by atoms with Crippen LogP contribution in [-0.4, -0.2) is 23.6 Å². The molecule has 0 saturated heterocycles. The van der Waals surface area contributed by atoms with Crippen LogP contribution in [0.4, 0.5) is 5.69 Å². The molecule has 3 aromatic rings. The van der Waals surface area contributed by atoms with E-state index < -0.39 is 5.97 Å². The molecule has 6 heteroatoms. The topological polar surface area (TPSA) is 75.6 Å². The van der Waals surface area contributed by atoms with Crippen molar-refractivity contribution in [3.8, 4) is 5.06 Å². The van der Waals surface area contributed by atoms with Crippen molar-refractivity contribution in [1.29, 1.82) is 0 Å². The number of carbonyl (C=O) groups excluding carboxylic acids is 1. The Morgan fingerprint density at radius 1 is 0.824 bits per heavy atom. The predicted octanol–water partition coefficient (Wildman–Crippen LogP) is 8.15. The van der Waals surface area contributed by atoms with Crippen molar-refractivity contribution >= 4 is 39.7 Å². The van der Waals surface area contributed by atoms with Gasteiger partial charge in [0, 0.05) is 10.8 Å². The third kappa shape index (κ3) is 7.32. The van der Waals surface area contributed by atoms with Gasteiger partial charge in [-0.1, -0.05) is 106 Å². The van der Waals surface area contributed by atoms with Gasteiger partial charge in [0.1, 0.15) is 4.88 Å². The van der Waals surface area contributed by atoms with Crippen LogP contribution in [0.3, 0.4) is 0 Å². The van der Waals surface area contributed by atoms with E-state index in [1.165, 1.54) is 68.8 Å². The van der Waals surface area contributed by atoms with Crippen molar-refractivity contribution < 1.29 is 19.4 Å². The highest BCUT2D eigenvalue weighted by Gasteiger charge is 2.20. The number of fused-ring (bicyclic) bond motifs is 1. The highest BCUT2D eigenvalue weighted by Crippen LogP contribution is 2.38. The molecule has 2 aromatic carbocycles. The number of amides is 1. The van der Waals surface area contributed by atoms with Crippen LogP contribution in [0.25, 0.3) is 10.8 Å². The van der Waals surface area contributed by atoms with Crippen LogP contribution in [0.1, 0.15) is 91.2 Å². The first-order valence-electron chi connectivity index (χ1n) is 12.4. The lowest BCUT2D eigenvalue weighted by Crippen LogP contribution is -2.13. The van der Waals surface area contributed by atoms with Crippen LogP contribution in [0, 0.1) is 0 Å². The molecule has 0 saturated carbocycles. The number of rotatable bonds is 15. The van der Waals surface area contributed by atoms with Crippen LogP contribution >= 0.6 is 11.3 Å². The van der Waals surface area contributed by atoms with Crippen molar-refractivity contribution in [2.75, 3.05) is 11.9 Å². The number of nitrogens with one attached hydrogen (secondary N) is 1. The van der Waals surface area contributed by atoms with Gasteiger partial charge in [0.05, 0.1) is 17.9 Å². The van der Waals surface area contributed by atoms with Crippen LogP contribution in [-0.2, 0) is 0 Å². The van der Waals surface area contributed by atoms with Crippen LogP contribution in [0.2, 0.25) is 0 Å². The monoisotopic (exact) mass is 481 g/mol. The van der Waals surface area contributed by atoms with E-state index in [0.717, 1.165) is 28.7 Å². The lowest BCUT2D eigenvalue weighted by molar-refractivity contribution is 0.0698. The van der Waals surface area contributed by atoms with E-state index in [1.807, 2.05) is 24.3 Å². The van der Waals surface area contributed by atoms with Gasteiger partial charge in [0.15, 0.2) is 5.06 Å². The maximum atomic E-state index is 13.0. The van der Waals surface area contributed by atoms with Crippen LogP contribution in [0.15, 0.2) is 48.5 Å². The van der Waals surface area contributed by atoms with Gasteiger partial charge in [-0.25, -0.2) is 4.79 Å². The van der Waals surface area contributed by atoms with E-state index in [9.17, 15) is 14.7 Å². The van der Waals surface area contributed by atoms with Gasteiger partial charge in [-0.3, -0.25) is 4.79 Å². The fourth-order valence-corrected chi connectivity index (χ4v) is 5.10. The number of thiophene rings is 1. The number of ether oxygens (including phenoxy) is 1. The summed E-state index contributed by atoms with van der Waals surface area (Å²) in [7, 11) is 0. The zero-order valence-electron chi connectivity index (χ0n) is 20.0. The molecule has 0 aliphatic carbocycles. The van der Waals surface area contributed by atoms with Crippen LogP contribution in [0.5, 0.6) is 5.06 Å². The van der Waals surface area contributed by atoms with E-state index in [2.05, 4.69) is 12.2 Å². The smallest absolute Gasteiger partial charge is 0.337 e. The molecule has 0 bridgehead atoms. The Balaban J connectivity index is 1.53. The summed E-state index contributed by atoms with van der Waals surface area (Å²) >= 11 is 1.31. The van der Waals surface area contributed by atoms with Gasteiger partial charge in [-0.2, -0.15) is 0 Å². The second-order valence-corrected chi connectivity index (χ2v) is 9.58. The number of anilines is 1. The van der Waals surface area contributed by atoms with Crippen molar-refractivity contribution in [1.82, 2.24) is 0 Å². The molecule has 34 heavy (non-hydrogen) atoms. The Morgan fingerprint density at radius 3 is 2.09 bits per heavy atom. The molecule has 0 aliphatic rings. The Labute approximate surface area is 206 Å². The van der Waals surface area contributed by atoms with E-state index in [-0.39, 0.29) is 17.2 Å². The van der Waals surface area contributed by atoms with Gasteiger partial charge in [-0.15, -0.1) is 0 Å². The summed E-state index contributed by atoms with van der Waals surface area (Å²) in [5.41, 5.74) is 0.347. The molecule has 3 rings (SSSR count). The maximum absolute atomic E-state index is 13.0. The zero-order chi connectivity index (χ0) is 24.2. The lowest BCUT2D eigenvalue weighted by atomic mass is 10.1. The number of unbranched alkanes of at least 4 members (excludes halogenated alkanes) is 9. The standard InChI is InChI=1S/C28H35NO4S/c1-2-3-4-5-6-7-8-9-10-15-20-33-28-22-17-12-11-16-21(22)25(34-28)26(30)29-24-19-14-13-18-23(24)27(31)32/h11-14,16-19H,2-10,15,20H2,1H3,(H,29,30)(H,31,32). The number of hydrogen-bond donors (Lipinski definition) is 2. The van der Waals surface area contributed by atoms with Crippen molar-refractivity contribution in [3.05, 3.63) is 59.0 Å². The highest BCUT2D eigenvalue weighted by atomic mass is 32.1. The molecule has 0 radical (unpaired) electrons. The Morgan fingerprint density at radius 2 is 1.41 bits per heavy atom. The molecule has 5 nitrogen and oxygen atoms in total. The quantitative estimate of drug-likeness (QED) is 0.215. The number of carboxylic acid groups (broad SMARTS) is 1. The maximum Gasteiger partial charge on any atom is 0.337 e. The number of benzene rings is 2. The van der Waals surface area contributed by atoms with E-state index in [0.29, 0.717) is 11.5 Å². The van der Waals surface area contributed by atoms with Crippen LogP contribution < -0.4 is 10.1 Å². The molecular weight excluding hydrogens is 446 g/mol. The molecule has 0 atom stereocenters. The average molecular weight is 482 g/mol. The Kier molecular flexibility index (Phi) is 10.4. The molecule has 182 valence electrons. The minimum atomic E-state index is -1.08. The Bertz CT molecular complexity index is 1080. The second kappa shape index (κ2) is 13.8. The van der Waals surface area contributed by atoms with Gasteiger partial charge in [-0.05, 0) is 24.6 Å². The van der Waals surface area contributed by atoms with Gasteiger partial charge >= 0.3 is 5.97 Å². The van der Waals surface area contributed by atoms with Gasteiger partial charge in [0.2, 0.25) is 0 Å². The molecule has 1 amide bonds. The normalized spacial score (nSPS) is 11.0. The van der Waals surface area contributed by atoms with Gasteiger partial charge < -0.3 is 15.2 Å². The SMILES string of the molecule is CCCCCCCCCCCCOc1sc(C(=O)Nc2ccccc2C(=O)O)c2ccccc12. The molecule has 0 unspecified atom stereocenters. The third-order valence-electron chi connectivity index (χ3n) is 5.93. The van der Waals surface area contributed by atoms with E-state index in [4.69, 9.17) is 4.74 Å². The number of hydrogen-bond acceptors (Lipinski definition) is 4. The predicted molar refractivity (Wildman–Crippen MR) is 141 cm³/mol. The first kappa shape index (κ1) is 25.8. The minimum Gasteiger partial charge on any atom is -0.483 e. The molecular formula is C28H35NO4S. The number of carboxylic acids is 1. The molecule has 0 fully saturated rings. The number of carbonyl (C=O) groups is 2. The summed E-state index contributed by atoms with van der Waals surface area (Å²) in [4.78, 5) is 25.0. The highest BCUT2D eigenvalue weighted by molar-refractivity contribution is 7.17. The lowest BCUT2D eigenvalue weighted by Gasteiger charge is -2.07. The Hall–Kier alpha value is -2.86. The van der Waals surface area contributed by atoms with Gasteiger partial charge in [0.25, 0.3) is 5.91 Å². The largest absolute Gasteiger partial charge is 0.483 e. The fraction of sp³-hybridized carbons (Fsp3) is 0.429. The summed E-state index contributed by atoms with van der Waals surface area (Å²) in [5, 5.41) is 14.6. The summed E-state index contributed by atoms with van der Waals surface area (Å²) in [6, 6.07) is 14.1. The average Bonchev–Trinajstić information content (AvgIpc) is 3.21. The first-order valence-corrected chi connectivity index (χ1v) is 13.2. The third-order valence-corrected chi connectivity index (χ3v) is 7.06. The molecule has 1 aromatic heterocycles. The minimum absolute atomic E-state index is 0.0640.